The Balaban J connectivity index is 1.96. The maximum atomic E-state index is 11.9. The highest BCUT2D eigenvalue weighted by Gasteiger charge is 2.26. The number of benzene rings is 1. The average molecular weight is 528 g/mol. The number of carboxylic acids is 1. The van der Waals surface area contributed by atoms with E-state index in [0.717, 1.165) is 17.0 Å². The summed E-state index contributed by atoms with van der Waals surface area (Å²) in [7, 11) is 0. The molecule has 1 aromatic heterocycles. The van der Waals surface area contributed by atoms with Gasteiger partial charge < -0.3 is 14.6 Å². The second-order valence-corrected chi connectivity index (χ2v) is 8.74. The summed E-state index contributed by atoms with van der Waals surface area (Å²) in [6.45, 7) is 2.86. The summed E-state index contributed by atoms with van der Waals surface area (Å²) in [4.78, 5) is 48.1. The SMILES string of the molecule is O=COCN1CCN(COC=O)CC(Cc2ccc(N=C=S)cc2)N(CC(=O)O)Cc2cccc(n2)C1. The summed E-state index contributed by atoms with van der Waals surface area (Å²) in [5, 5.41) is 12.1. The Bertz CT molecular complexity index is 1100. The van der Waals surface area contributed by atoms with E-state index in [1.54, 1.807) is 0 Å². The van der Waals surface area contributed by atoms with Crippen LogP contribution in [0.15, 0.2) is 47.5 Å². The van der Waals surface area contributed by atoms with Crippen molar-refractivity contribution in [3.63, 3.8) is 0 Å². The van der Waals surface area contributed by atoms with Crippen molar-refractivity contribution < 1.29 is 29.0 Å². The van der Waals surface area contributed by atoms with Crippen LogP contribution in [-0.2, 0) is 43.4 Å². The van der Waals surface area contributed by atoms with Crippen LogP contribution in [0.2, 0.25) is 0 Å². The third-order valence-corrected chi connectivity index (χ3v) is 6.00. The number of nitrogens with zero attached hydrogens (tertiary/aromatic N) is 5. The lowest BCUT2D eigenvalue weighted by Gasteiger charge is -2.36. The summed E-state index contributed by atoms with van der Waals surface area (Å²) in [5.74, 6) is -0.952. The van der Waals surface area contributed by atoms with E-state index in [-0.39, 0.29) is 26.0 Å². The Labute approximate surface area is 220 Å². The second kappa shape index (κ2) is 14.9. The minimum Gasteiger partial charge on any atom is -0.480 e. The van der Waals surface area contributed by atoms with Crippen LogP contribution in [0.1, 0.15) is 17.0 Å². The molecule has 2 heterocycles. The molecule has 0 aliphatic carbocycles. The number of ether oxygens (including phenoxy) is 2. The molecule has 0 saturated carbocycles. The van der Waals surface area contributed by atoms with Crippen molar-refractivity contribution in [2.24, 2.45) is 4.99 Å². The standard InChI is InChI=1S/C25H29N5O6S/c31-18-35-16-28-8-9-29(17-36-19-32)13-24(10-20-4-6-21(7-5-20)26-15-37)30(14-25(33)34)12-23-3-1-2-22(11-28)27-23/h1-7,18-19,24H,8-14,16-17H2,(H,33,34). The van der Waals surface area contributed by atoms with E-state index in [1.807, 2.05) is 57.2 Å². The summed E-state index contributed by atoms with van der Waals surface area (Å²) < 4.78 is 10.1. The van der Waals surface area contributed by atoms with E-state index >= 15 is 0 Å². The van der Waals surface area contributed by atoms with Crippen molar-refractivity contribution >= 4 is 42.0 Å². The highest BCUT2D eigenvalue weighted by atomic mass is 32.1. The van der Waals surface area contributed by atoms with Crippen LogP contribution in [-0.4, -0.2) is 94.5 Å². The quantitative estimate of drug-likeness (QED) is 0.261. The molecular formula is C25H29N5O6S. The number of thiocarbonyl (C=S) groups is 1. The Morgan fingerprint density at radius 1 is 1.05 bits per heavy atom. The van der Waals surface area contributed by atoms with E-state index in [2.05, 4.69) is 22.4 Å². The number of pyridine rings is 1. The zero-order valence-corrected chi connectivity index (χ0v) is 21.1. The van der Waals surface area contributed by atoms with Crippen LogP contribution in [0.3, 0.4) is 0 Å². The number of rotatable bonds is 11. The van der Waals surface area contributed by atoms with Crippen molar-refractivity contribution in [3.8, 4) is 0 Å². The number of hydrogen-bond donors (Lipinski definition) is 1. The fourth-order valence-electron chi connectivity index (χ4n) is 4.22. The molecule has 1 unspecified atom stereocenters. The fraction of sp³-hybridized carbons (Fsp3) is 0.400. The zero-order chi connectivity index (χ0) is 26.5. The monoisotopic (exact) mass is 527 g/mol. The smallest absolute Gasteiger partial charge is 0.317 e. The van der Waals surface area contributed by atoms with Gasteiger partial charge in [0.25, 0.3) is 12.9 Å². The van der Waals surface area contributed by atoms with E-state index in [4.69, 9.17) is 14.5 Å². The third kappa shape index (κ3) is 9.45. The number of aliphatic imine (C=N–C) groups is 1. The van der Waals surface area contributed by atoms with Crippen molar-refractivity contribution in [3.05, 3.63) is 59.4 Å². The van der Waals surface area contributed by atoms with Gasteiger partial charge in [0.1, 0.15) is 13.5 Å². The van der Waals surface area contributed by atoms with E-state index in [9.17, 15) is 19.5 Å². The van der Waals surface area contributed by atoms with Crippen molar-refractivity contribution in [2.45, 2.75) is 25.6 Å². The molecule has 196 valence electrons. The van der Waals surface area contributed by atoms with Gasteiger partial charge in [-0.15, -0.1) is 0 Å². The summed E-state index contributed by atoms with van der Waals surface area (Å²) in [6, 6.07) is 12.9. The van der Waals surface area contributed by atoms with Crippen LogP contribution < -0.4 is 0 Å². The predicted molar refractivity (Wildman–Crippen MR) is 137 cm³/mol. The first kappa shape index (κ1) is 28.0. The molecule has 1 aromatic carbocycles. The molecule has 0 fully saturated rings. The van der Waals surface area contributed by atoms with Gasteiger partial charge in [-0.2, -0.15) is 4.99 Å². The normalized spacial score (nSPS) is 17.5. The fourth-order valence-corrected chi connectivity index (χ4v) is 4.33. The van der Waals surface area contributed by atoms with Gasteiger partial charge in [-0.25, -0.2) is 0 Å². The summed E-state index contributed by atoms with van der Waals surface area (Å²) in [6.07, 6.45) is 0.532. The summed E-state index contributed by atoms with van der Waals surface area (Å²) >= 11 is 4.67. The van der Waals surface area contributed by atoms with Gasteiger partial charge in [0, 0.05) is 38.8 Å². The van der Waals surface area contributed by atoms with Gasteiger partial charge in [-0.1, -0.05) is 18.2 Å². The molecule has 1 atom stereocenters. The maximum absolute atomic E-state index is 11.9. The number of isothiocyanates is 1. The van der Waals surface area contributed by atoms with Gasteiger partial charge >= 0.3 is 5.97 Å². The Morgan fingerprint density at radius 3 is 2.35 bits per heavy atom. The minimum absolute atomic E-state index is 0.0369. The predicted octanol–water partition coefficient (Wildman–Crippen LogP) is 1.69. The lowest BCUT2D eigenvalue weighted by Crippen LogP contribution is -2.49. The molecule has 0 saturated heterocycles. The van der Waals surface area contributed by atoms with Gasteiger partial charge in [0.2, 0.25) is 0 Å². The van der Waals surface area contributed by atoms with E-state index < -0.39 is 5.97 Å². The lowest BCUT2D eigenvalue weighted by molar-refractivity contribution is -0.139. The third-order valence-electron chi connectivity index (χ3n) is 5.90. The van der Waals surface area contributed by atoms with Crippen molar-refractivity contribution in [2.75, 3.05) is 39.6 Å². The molecule has 11 nitrogen and oxygen atoms in total. The zero-order valence-electron chi connectivity index (χ0n) is 20.3. The van der Waals surface area contributed by atoms with Crippen LogP contribution >= 0.6 is 12.2 Å². The molecular weight excluding hydrogens is 498 g/mol. The van der Waals surface area contributed by atoms with Crippen LogP contribution in [0.25, 0.3) is 0 Å². The molecule has 0 amide bonds. The van der Waals surface area contributed by atoms with Crippen LogP contribution in [0.5, 0.6) is 0 Å². The van der Waals surface area contributed by atoms with Crippen molar-refractivity contribution in [1.82, 2.24) is 19.7 Å². The maximum Gasteiger partial charge on any atom is 0.317 e. The number of carbonyl (C=O) groups excluding carboxylic acids is 2. The number of aromatic nitrogens is 1. The first-order valence-corrected chi connectivity index (χ1v) is 12.0. The highest BCUT2D eigenvalue weighted by molar-refractivity contribution is 7.78. The molecule has 3 rings (SSSR count). The van der Waals surface area contributed by atoms with Crippen LogP contribution in [0.4, 0.5) is 5.69 Å². The number of hydrogen-bond acceptors (Lipinski definition) is 11. The number of aliphatic carboxylic acids is 1. The molecule has 12 heteroatoms. The molecule has 1 aliphatic rings. The molecule has 0 spiro atoms. The van der Waals surface area contributed by atoms with E-state index in [1.165, 1.54) is 0 Å². The van der Waals surface area contributed by atoms with Gasteiger partial charge in [0.15, 0.2) is 0 Å². The molecule has 1 N–H and O–H groups in total. The highest BCUT2D eigenvalue weighted by Crippen LogP contribution is 2.19. The number of fused-ring (bicyclic) bond motifs is 2. The second-order valence-electron chi connectivity index (χ2n) is 8.56. The minimum atomic E-state index is -0.952. The Kier molecular flexibility index (Phi) is 11.3. The van der Waals surface area contributed by atoms with Gasteiger partial charge in [-0.05, 0) is 48.5 Å². The topological polar surface area (TPSA) is 125 Å². The number of carbonyl (C=O) groups is 3. The van der Waals surface area contributed by atoms with Crippen LogP contribution in [0, 0.1) is 0 Å². The summed E-state index contributed by atoms with van der Waals surface area (Å²) in [5.41, 5.74) is 3.15. The van der Waals surface area contributed by atoms with Gasteiger partial charge in [-0.3, -0.25) is 34.1 Å². The first-order chi connectivity index (χ1) is 18.0. The molecule has 37 heavy (non-hydrogen) atoms. The Morgan fingerprint density at radius 2 is 1.70 bits per heavy atom. The lowest BCUT2D eigenvalue weighted by atomic mass is 10.0. The number of carboxylic acid groups (broad SMARTS) is 1. The largest absolute Gasteiger partial charge is 0.480 e. The van der Waals surface area contributed by atoms with Crippen molar-refractivity contribution in [1.29, 1.82) is 0 Å². The first-order valence-electron chi connectivity index (χ1n) is 11.6. The van der Waals surface area contributed by atoms with Gasteiger partial charge in [0.05, 0.1) is 28.8 Å². The molecule has 2 bridgehead atoms. The molecule has 1 aliphatic heterocycles. The van der Waals surface area contributed by atoms with E-state index in [0.29, 0.717) is 57.8 Å². The molecule has 0 radical (unpaired) electrons. The Hall–Kier alpha value is -3.54. The average Bonchev–Trinajstić information content (AvgIpc) is 2.88. The molecule has 2 aromatic rings.